The van der Waals surface area contributed by atoms with Gasteiger partial charge in [-0.3, -0.25) is 13.9 Å². The van der Waals surface area contributed by atoms with E-state index >= 15 is 0 Å². The van der Waals surface area contributed by atoms with E-state index in [4.69, 9.17) is 0 Å². The lowest BCUT2D eigenvalue weighted by Gasteiger charge is -2.15. The highest BCUT2D eigenvalue weighted by molar-refractivity contribution is 5.69. The maximum absolute atomic E-state index is 12.3. The van der Waals surface area contributed by atoms with E-state index in [1.54, 1.807) is 0 Å². The van der Waals surface area contributed by atoms with E-state index in [1.165, 1.54) is 25.0 Å². The van der Waals surface area contributed by atoms with E-state index in [0.29, 0.717) is 0 Å². The van der Waals surface area contributed by atoms with Crippen LogP contribution < -0.4 is 11.2 Å². The zero-order valence-electron chi connectivity index (χ0n) is 13.2. The first-order valence-corrected chi connectivity index (χ1v) is 6.91. The van der Waals surface area contributed by atoms with E-state index in [0.717, 1.165) is 9.13 Å². The summed E-state index contributed by atoms with van der Waals surface area (Å²) in [7, 11) is 2.72. The van der Waals surface area contributed by atoms with Crippen LogP contribution in [0.1, 0.15) is 6.42 Å². The molecule has 2 rings (SSSR count). The van der Waals surface area contributed by atoms with Gasteiger partial charge in [0.25, 0.3) is 15.7 Å². The van der Waals surface area contributed by atoms with Crippen LogP contribution in [0.5, 0.6) is 0 Å². The Balaban J connectivity index is 2.35. The molecule has 0 aliphatic heterocycles. The summed E-state index contributed by atoms with van der Waals surface area (Å²) in [6.07, 6.45) is -0.0570. The van der Waals surface area contributed by atoms with Gasteiger partial charge in [0.05, 0.1) is 19.5 Å². The van der Waals surface area contributed by atoms with E-state index in [1.807, 2.05) is 0 Å². The molecule has 1 unspecified atom stereocenters. The van der Waals surface area contributed by atoms with Crippen molar-refractivity contribution in [1.82, 2.24) is 18.7 Å². The first-order valence-electron chi connectivity index (χ1n) is 6.91. The molecule has 0 saturated heterocycles. The Labute approximate surface area is 138 Å². The number of aryl methyl sites for hydroxylation is 1. The number of rotatable bonds is 8. The third kappa shape index (κ3) is 3.73. The molecule has 136 valence electrons. The molecular formula is C11H14N6O8. The zero-order valence-corrected chi connectivity index (χ0v) is 13.2. The minimum Gasteiger partial charge on any atom is -0.322 e. The molecule has 0 aromatic carbocycles. The lowest BCUT2D eigenvalue weighted by atomic mass is 10.2. The van der Waals surface area contributed by atoms with E-state index < -0.39 is 34.1 Å². The number of hydrogen-bond acceptors (Lipinski definition) is 9. The van der Waals surface area contributed by atoms with Crippen LogP contribution in [0.3, 0.4) is 0 Å². The number of aromatic nitrogens is 4. The molecule has 0 aliphatic carbocycles. The molecule has 25 heavy (non-hydrogen) atoms. The molecule has 0 amide bonds. The quantitative estimate of drug-likeness (QED) is 0.407. The fourth-order valence-corrected chi connectivity index (χ4v) is 2.31. The average Bonchev–Trinajstić information content (AvgIpc) is 2.93. The standard InChI is InChI=1S/C11H14N6O8/c1-13-9-8(10(18)14(2)11(13)19)15(6-12-9)5-7(25-17(22)23)3-4-24-16(20)21/h6-7H,3-5H2,1-2H3. The number of hydrogen-bond donors (Lipinski definition) is 0. The van der Waals surface area contributed by atoms with Crippen LogP contribution >= 0.6 is 0 Å². The second-order valence-electron chi connectivity index (χ2n) is 5.07. The van der Waals surface area contributed by atoms with Crippen LogP contribution in [0.15, 0.2) is 15.9 Å². The summed E-state index contributed by atoms with van der Waals surface area (Å²) in [5.41, 5.74) is -1.04. The normalized spacial score (nSPS) is 12.1. The zero-order chi connectivity index (χ0) is 18.7. The molecule has 0 bridgehead atoms. The van der Waals surface area contributed by atoms with Crippen molar-refractivity contribution in [3.8, 4) is 0 Å². The summed E-state index contributed by atoms with van der Waals surface area (Å²) in [5, 5.41) is 18.7. The molecule has 2 aromatic heterocycles. The topological polar surface area (TPSA) is 167 Å². The molecule has 0 spiro atoms. The Morgan fingerprint density at radius 2 is 1.88 bits per heavy atom. The third-order valence-electron chi connectivity index (χ3n) is 3.49. The lowest BCUT2D eigenvalue weighted by Crippen LogP contribution is -2.38. The smallest absolute Gasteiger partial charge is 0.322 e. The van der Waals surface area contributed by atoms with Crippen molar-refractivity contribution in [2.24, 2.45) is 14.1 Å². The molecule has 1 atom stereocenters. The molecule has 14 nitrogen and oxygen atoms in total. The fourth-order valence-electron chi connectivity index (χ4n) is 2.31. The Bertz CT molecular complexity index is 927. The SMILES string of the molecule is Cn1c(=O)c2c(ncn2CC(CCO[N+](=O)[O-])O[N+](=O)[O-])n(C)c1=O. The van der Waals surface area contributed by atoms with Crippen molar-refractivity contribution in [2.75, 3.05) is 6.61 Å². The number of imidazole rings is 1. The van der Waals surface area contributed by atoms with Crippen LogP contribution in [-0.2, 0) is 30.3 Å². The molecule has 2 aromatic rings. The Morgan fingerprint density at radius 3 is 2.48 bits per heavy atom. The van der Waals surface area contributed by atoms with Crippen molar-refractivity contribution in [1.29, 1.82) is 0 Å². The van der Waals surface area contributed by atoms with Gasteiger partial charge in [-0.2, -0.15) is 0 Å². The highest BCUT2D eigenvalue weighted by atomic mass is 17.0. The summed E-state index contributed by atoms with van der Waals surface area (Å²) in [6.45, 7) is -0.610. The Morgan fingerprint density at radius 1 is 1.20 bits per heavy atom. The van der Waals surface area contributed by atoms with Gasteiger partial charge < -0.3 is 14.2 Å². The highest BCUT2D eigenvalue weighted by Crippen LogP contribution is 2.10. The van der Waals surface area contributed by atoms with Crippen LogP contribution in [0.4, 0.5) is 0 Å². The first kappa shape index (κ1) is 17.9. The van der Waals surface area contributed by atoms with Gasteiger partial charge in [0.1, 0.15) is 6.10 Å². The number of nitrogens with zero attached hydrogens (tertiary/aromatic N) is 6. The fraction of sp³-hybridized carbons (Fsp3) is 0.545. The van der Waals surface area contributed by atoms with Crippen LogP contribution in [-0.4, -0.2) is 41.6 Å². The summed E-state index contributed by atoms with van der Waals surface area (Å²) < 4.78 is 3.32. The molecule has 2 heterocycles. The third-order valence-corrected chi connectivity index (χ3v) is 3.49. The van der Waals surface area contributed by atoms with Gasteiger partial charge >= 0.3 is 5.69 Å². The van der Waals surface area contributed by atoms with E-state index in [2.05, 4.69) is 14.7 Å². The molecule has 0 fully saturated rings. The van der Waals surface area contributed by atoms with Crippen LogP contribution in [0, 0.1) is 20.2 Å². The minimum atomic E-state index is -1.12. The maximum atomic E-state index is 12.3. The highest BCUT2D eigenvalue weighted by Gasteiger charge is 2.20. The minimum absolute atomic E-state index is 0.0525. The summed E-state index contributed by atoms with van der Waals surface area (Å²) in [6, 6.07) is 0. The summed E-state index contributed by atoms with van der Waals surface area (Å²) >= 11 is 0. The molecule has 0 radical (unpaired) electrons. The van der Waals surface area contributed by atoms with Crippen LogP contribution in [0.2, 0.25) is 0 Å². The molecule has 0 saturated carbocycles. The lowest BCUT2D eigenvalue weighted by molar-refractivity contribution is -0.774. The predicted molar refractivity (Wildman–Crippen MR) is 79.6 cm³/mol. The van der Waals surface area contributed by atoms with E-state index in [-0.39, 0.29) is 24.1 Å². The van der Waals surface area contributed by atoms with Gasteiger partial charge in [0.2, 0.25) is 0 Å². The maximum Gasteiger partial charge on any atom is 0.332 e. The van der Waals surface area contributed by atoms with E-state index in [9.17, 15) is 29.8 Å². The van der Waals surface area contributed by atoms with Crippen molar-refractivity contribution in [3.63, 3.8) is 0 Å². The monoisotopic (exact) mass is 358 g/mol. The second-order valence-corrected chi connectivity index (χ2v) is 5.07. The van der Waals surface area contributed by atoms with Gasteiger partial charge in [0, 0.05) is 14.1 Å². The molecule has 14 heteroatoms. The first-order chi connectivity index (χ1) is 11.7. The van der Waals surface area contributed by atoms with Crippen LogP contribution in [0.25, 0.3) is 11.2 Å². The van der Waals surface area contributed by atoms with Gasteiger partial charge in [-0.1, -0.05) is 0 Å². The van der Waals surface area contributed by atoms with Crippen molar-refractivity contribution >= 4 is 11.2 Å². The molecular weight excluding hydrogens is 344 g/mol. The van der Waals surface area contributed by atoms with Crippen molar-refractivity contribution in [2.45, 2.75) is 19.1 Å². The molecule has 0 N–H and O–H groups in total. The Kier molecular flexibility index (Phi) is 5.00. The van der Waals surface area contributed by atoms with Gasteiger partial charge in [-0.25, -0.2) is 9.78 Å². The largest absolute Gasteiger partial charge is 0.332 e. The summed E-state index contributed by atoms with van der Waals surface area (Å²) in [5.74, 6) is 0. The van der Waals surface area contributed by atoms with Gasteiger partial charge in [0.15, 0.2) is 11.2 Å². The molecule has 0 aliphatic rings. The average molecular weight is 358 g/mol. The second kappa shape index (κ2) is 6.98. The predicted octanol–water partition coefficient (Wildman–Crippen LogP) is -1.39. The number of fused-ring (bicyclic) bond motifs is 1. The van der Waals surface area contributed by atoms with Crippen molar-refractivity contribution in [3.05, 3.63) is 47.4 Å². The Hall–Kier alpha value is -3.45. The van der Waals surface area contributed by atoms with Gasteiger partial charge in [-0.15, -0.1) is 20.2 Å². The van der Waals surface area contributed by atoms with Crippen molar-refractivity contribution < 1.29 is 19.8 Å². The summed E-state index contributed by atoms with van der Waals surface area (Å²) in [4.78, 5) is 57.5. The van der Waals surface area contributed by atoms with Gasteiger partial charge in [-0.05, 0) is 6.42 Å².